The molecule has 8 heteroatoms. The van der Waals surface area contributed by atoms with E-state index in [1.165, 1.54) is 11.5 Å². The lowest BCUT2D eigenvalue weighted by molar-refractivity contribution is 0.0528. The van der Waals surface area contributed by atoms with Gasteiger partial charge in [-0.2, -0.15) is 5.10 Å². The van der Waals surface area contributed by atoms with Gasteiger partial charge in [-0.1, -0.05) is 17.8 Å². The standard InChI is InChI=1S/C15H19N5O2S/c1-2-5-12-14(23-19-17-12)15(21)20-9-4-6-11(10-20)22-13-7-3-8-16-18-13/h3,7-8,11H,2,4-6,9-10H2,1H3/t11-/m1/s1. The molecule has 3 rings (SSSR count). The van der Waals surface area contributed by atoms with E-state index in [1.807, 2.05) is 4.90 Å². The van der Waals surface area contributed by atoms with Gasteiger partial charge in [0.25, 0.3) is 5.91 Å². The van der Waals surface area contributed by atoms with E-state index < -0.39 is 0 Å². The molecule has 1 saturated heterocycles. The number of carbonyl (C=O) groups is 1. The Morgan fingerprint density at radius 3 is 3.17 bits per heavy atom. The van der Waals surface area contributed by atoms with Gasteiger partial charge in [0.15, 0.2) is 0 Å². The van der Waals surface area contributed by atoms with Crippen LogP contribution in [0.5, 0.6) is 5.88 Å². The number of amides is 1. The zero-order valence-corrected chi connectivity index (χ0v) is 13.8. The summed E-state index contributed by atoms with van der Waals surface area (Å²) in [6.07, 6.45) is 5.10. The molecule has 1 amide bonds. The summed E-state index contributed by atoms with van der Waals surface area (Å²) in [7, 11) is 0. The minimum Gasteiger partial charge on any atom is -0.471 e. The van der Waals surface area contributed by atoms with Crippen molar-refractivity contribution in [1.29, 1.82) is 0 Å². The summed E-state index contributed by atoms with van der Waals surface area (Å²) in [5.74, 6) is 0.508. The molecule has 1 fully saturated rings. The lowest BCUT2D eigenvalue weighted by Gasteiger charge is -2.32. The first kappa shape index (κ1) is 15.8. The van der Waals surface area contributed by atoms with Crippen LogP contribution in [0.4, 0.5) is 0 Å². The molecule has 3 heterocycles. The largest absolute Gasteiger partial charge is 0.471 e. The van der Waals surface area contributed by atoms with Crippen LogP contribution in [0.25, 0.3) is 0 Å². The van der Waals surface area contributed by atoms with Gasteiger partial charge in [-0.15, -0.1) is 10.2 Å². The lowest BCUT2D eigenvalue weighted by atomic mass is 10.1. The summed E-state index contributed by atoms with van der Waals surface area (Å²) in [6, 6.07) is 3.56. The minimum atomic E-state index is -0.0556. The first-order valence-electron chi connectivity index (χ1n) is 7.82. The number of nitrogens with zero attached hydrogens (tertiary/aromatic N) is 5. The van der Waals surface area contributed by atoms with Gasteiger partial charge in [0.2, 0.25) is 5.88 Å². The second-order valence-electron chi connectivity index (χ2n) is 5.49. The van der Waals surface area contributed by atoms with E-state index in [9.17, 15) is 4.79 Å². The number of rotatable bonds is 5. The molecular formula is C15H19N5O2S. The van der Waals surface area contributed by atoms with Crippen molar-refractivity contribution in [3.63, 3.8) is 0 Å². The molecule has 1 aliphatic heterocycles. The van der Waals surface area contributed by atoms with Crippen LogP contribution in [-0.2, 0) is 6.42 Å². The molecule has 0 saturated carbocycles. The highest BCUT2D eigenvalue weighted by atomic mass is 32.1. The summed E-state index contributed by atoms with van der Waals surface area (Å²) in [6.45, 7) is 3.36. The fraction of sp³-hybridized carbons (Fsp3) is 0.533. The third kappa shape index (κ3) is 3.82. The number of carbonyl (C=O) groups excluding carboxylic acids is 1. The molecule has 0 aliphatic carbocycles. The third-order valence-corrected chi connectivity index (χ3v) is 4.49. The Hall–Kier alpha value is -2.09. The van der Waals surface area contributed by atoms with E-state index in [2.05, 4.69) is 26.7 Å². The zero-order chi connectivity index (χ0) is 16.1. The molecular weight excluding hydrogens is 314 g/mol. The van der Waals surface area contributed by atoms with E-state index in [0.29, 0.717) is 17.3 Å². The quantitative estimate of drug-likeness (QED) is 0.832. The maximum atomic E-state index is 12.7. The molecule has 0 radical (unpaired) electrons. The van der Waals surface area contributed by atoms with Gasteiger partial charge >= 0.3 is 0 Å². The summed E-state index contributed by atoms with van der Waals surface area (Å²) in [5, 5.41) is 11.8. The normalized spacial score (nSPS) is 18.0. The van der Waals surface area contributed by atoms with Crippen LogP contribution in [0.1, 0.15) is 41.6 Å². The molecule has 0 spiro atoms. The minimum absolute atomic E-state index is 0.0101. The van der Waals surface area contributed by atoms with Gasteiger partial charge in [-0.05, 0) is 36.9 Å². The van der Waals surface area contributed by atoms with Gasteiger partial charge in [0.05, 0.1) is 12.2 Å². The second-order valence-corrected chi connectivity index (χ2v) is 6.25. The van der Waals surface area contributed by atoms with Crippen molar-refractivity contribution in [3.05, 3.63) is 28.9 Å². The van der Waals surface area contributed by atoms with Crippen LogP contribution in [0.2, 0.25) is 0 Å². The Morgan fingerprint density at radius 2 is 2.39 bits per heavy atom. The number of ether oxygens (including phenoxy) is 1. The lowest BCUT2D eigenvalue weighted by Crippen LogP contribution is -2.44. The van der Waals surface area contributed by atoms with Crippen LogP contribution < -0.4 is 4.74 Å². The van der Waals surface area contributed by atoms with Crippen molar-refractivity contribution in [2.45, 2.75) is 38.7 Å². The van der Waals surface area contributed by atoms with E-state index in [-0.39, 0.29) is 12.0 Å². The molecule has 2 aromatic rings. The van der Waals surface area contributed by atoms with Crippen molar-refractivity contribution in [1.82, 2.24) is 24.7 Å². The van der Waals surface area contributed by atoms with Crippen LogP contribution in [0.3, 0.4) is 0 Å². The summed E-state index contributed by atoms with van der Waals surface area (Å²) in [5.41, 5.74) is 0.805. The molecule has 1 aliphatic rings. The monoisotopic (exact) mass is 333 g/mol. The molecule has 1 atom stereocenters. The molecule has 0 unspecified atom stereocenters. The van der Waals surface area contributed by atoms with Crippen LogP contribution in [0.15, 0.2) is 18.3 Å². The maximum absolute atomic E-state index is 12.7. The first-order valence-corrected chi connectivity index (χ1v) is 8.60. The number of aromatic nitrogens is 4. The molecule has 7 nitrogen and oxygen atoms in total. The Bertz CT molecular complexity index is 648. The van der Waals surface area contributed by atoms with E-state index >= 15 is 0 Å². The molecule has 2 aromatic heterocycles. The van der Waals surface area contributed by atoms with Gasteiger partial charge in [-0.25, -0.2) is 0 Å². The van der Waals surface area contributed by atoms with E-state index in [1.54, 1.807) is 18.3 Å². The van der Waals surface area contributed by atoms with Crippen LogP contribution in [0, 0.1) is 0 Å². The Balaban J connectivity index is 1.66. The third-order valence-electron chi connectivity index (χ3n) is 3.74. The van der Waals surface area contributed by atoms with Crippen molar-refractivity contribution in [3.8, 4) is 5.88 Å². The first-order chi connectivity index (χ1) is 11.3. The summed E-state index contributed by atoms with van der Waals surface area (Å²) >= 11 is 1.18. The highest BCUT2D eigenvalue weighted by Crippen LogP contribution is 2.21. The second kappa shape index (κ2) is 7.45. The summed E-state index contributed by atoms with van der Waals surface area (Å²) < 4.78 is 9.77. The van der Waals surface area contributed by atoms with Crippen LogP contribution >= 0.6 is 11.5 Å². The Kier molecular flexibility index (Phi) is 5.12. The summed E-state index contributed by atoms with van der Waals surface area (Å²) in [4.78, 5) is 15.2. The van der Waals surface area contributed by atoms with Crippen molar-refractivity contribution < 1.29 is 9.53 Å². The number of aryl methyl sites for hydroxylation is 1. The molecule has 0 N–H and O–H groups in total. The van der Waals surface area contributed by atoms with Gasteiger partial charge in [0.1, 0.15) is 11.0 Å². The number of piperidine rings is 1. The highest BCUT2D eigenvalue weighted by molar-refractivity contribution is 7.08. The Morgan fingerprint density at radius 1 is 1.48 bits per heavy atom. The molecule has 0 bridgehead atoms. The smallest absolute Gasteiger partial charge is 0.267 e. The number of likely N-dealkylation sites (tertiary alicyclic amines) is 1. The van der Waals surface area contributed by atoms with Crippen molar-refractivity contribution in [2.75, 3.05) is 13.1 Å². The predicted octanol–water partition coefficient (Wildman–Crippen LogP) is 1.96. The fourth-order valence-electron chi connectivity index (χ4n) is 2.65. The SMILES string of the molecule is CCCc1nnsc1C(=O)N1CCC[C@@H](Oc2cccnn2)C1. The molecule has 23 heavy (non-hydrogen) atoms. The number of hydrogen-bond donors (Lipinski definition) is 0. The average molecular weight is 333 g/mol. The Labute approximate surface area is 138 Å². The van der Waals surface area contributed by atoms with Crippen LogP contribution in [-0.4, -0.2) is 49.8 Å². The number of hydrogen-bond acceptors (Lipinski definition) is 7. The highest BCUT2D eigenvalue weighted by Gasteiger charge is 2.28. The van der Waals surface area contributed by atoms with E-state index in [0.717, 1.165) is 37.9 Å². The maximum Gasteiger partial charge on any atom is 0.267 e. The predicted molar refractivity (Wildman–Crippen MR) is 85.5 cm³/mol. The van der Waals surface area contributed by atoms with Gasteiger partial charge in [0, 0.05) is 18.8 Å². The molecule has 0 aromatic carbocycles. The van der Waals surface area contributed by atoms with Crippen molar-refractivity contribution >= 4 is 17.4 Å². The average Bonchev–Trinajstić information content (AvgIpc) is 3.04. The fourth-order valence-corrected chi connectivity index (χ4v) is 3.33. The van der Waals surface area contributed by atoms with Crippen molar-refractivity contribution in [2.24, 2.45) is 0 Å². The zero-order valence-electron chi connectivity index (χ0n) is 13.0. The van der Waals surface area contributed by atoms with Gasteiger partial charge < -0.3 is 9.64 Å². The topological polar surface area (TPSA) is 81.1 Å². The van der Waals surface area contributed by atoms with E-state index in [4.69, 9.17) is 4.74 Å². The molecule has 122 valence electrons. The van der Waals surface area contributed by atoms with Gasteiger partial charge in [-0.3, -0.25) is 4.79 Å².